The fourth-order valence-corrected chi connectivity index (χ4v) is 0. The molecule has 0 heterocycles. The van der Waals surface area contributed by atoms with Crippen LogP contribution in [0.2, 0.25) is 0 Å². The predicted octanol–water partition coefficient (Wildman–Crippen LogP) is -7.46. The maximum Gasteiger partial charge on any atom is 0.0402 e. The Kier molecular flexibility index (Phi) is 89.1. The normalized spacial score (nSPS) is 6.00. The average Bonchev–Trinajstić information content (AvgIpc) is 2.22. The van der Waals surface area contributed by atoms with Crippen molar-refractivity contribution in [1.29, 1.82) is 0 Å². The molecule has 0 aromatic rings. The summed E-state index contributed by atoms with van der Waals surface area (Å²) < 4.78 is 0. The smallest absolute Gasteiger partial charge is 0.0402 e. The number of hydrogen-bond acceptors (Lipinski definition) is 13. The molecule has 168 valence electrons. The van der Waals surface area contributed by atoms with Crippen LogP contribution in [0.4, 0.5) is 0 Å². The van der Waals surface area contributed by atoms with Crippen LogP contribution in [0.25, 0.3) is 0 Å². The topological polar surface area (TPSA) is 261 Å². The van der Waals surface area contributed by atoms with Gasteiger partial charge in [0.25, 0.3) is 0 Å². The van der Waals surface area contributed by atoms with Gasteiger partial charge in [-0.3, -0.25) is 0 Å². The van der Waals surface area contributed by atoms with Gasteiger partial charge in [0.15, 0.2) is 0 Å². The van der Waals surface area contributed by atoms with Crippen LogP contribution in [0.5, 0.6) is 0 Å². The van der Waals surface area contributed by atoms with E-state index in [9.17, 15) is 0 Å². The van der Waals surface area contributed by atoms with E-state index in [1.54, 1.807) is 6.92 Å². The van der Waals surface area contributed by atoms with Gasteiger partial charge in [0.2, 0.25) is 0 Å². The average molecular weight is 638 g/mol. The van der Waals surface area contributed by atoms with E-state index < -0.39 is 35.8 Å². The maximum atomic E-state index is 8.89. The van der Waals surface area contributed by atoms with E-state index in [1.807, 2.05) is 0 Å². The molecule has 0 unspecified atom stereocenters. The number of hydrogen-bond donors (Lipinski definition) is 1. The first-order valence-corrected chi connectivity index (χ1v) is 6.47. The van der Waals surface area contributed by atoms with Gasteiger partial charge in [-0.2, -0.15) is 0 Å². The number of carbonyl (C=O) groups is 6. The minimum atomic E-state index is -1.08. The SMILES string of the molecule is CC(=O)[O-].CC(=O)[O-].CC(=O)[O-].CC(=O)[O-].CC(=O)[O-].CC(=O)[O-].CCO.[U]. The second-order valence-electron chi connectivity index (χ2n) is 3.27. The van der Waals surface area contributed by atoms with E-state index in [4.69, 9.17) is 64.5 Å². The van der Waals surface area contributed by atoms with Crippen LogP contribution in [0.1, 0.15) is 48.5 Å². The molecule has 0 aromatic heterocycles. The van der Waals surface area contributed by atoms with Crippen LogP contribution in [0.3, 0.4) is 0 Å². The summed E-state index contributed by atoms with van der Waals surface area (Å²) in [5.74, 6) is -6.50. The Labute approximate surface area is 186 Å². The van der Waals surface area contributed by atoms with Crippen molar-refractivity contribution in [3.8, 4) is 0 Å². The standard InChI is InChI=1S/6C2H4O2.C2H6O.U/c6*1-2(3)4;1-2-3;/h6*1H3,(H,3,4);3H,2H2,1H3;/p-6. The maximum absolute atomic E-state index is 8.89. The van der Waals surface area contributed by atoms with E-state index in [0.717, 1.165) is 41.5 Å². The first kappa shape index (κ1) is 50.1. The van der Waals surface area contributed by atoms with E-state index >= 15 is 0 Å². The molecule has 0 saturated heterocycles. The molecule has 0 amide bonds. The molecule has 0 aliphatic rings. The Balaban J connectivity index is -0.0000000277. The largest absolute Gasteiger partial charge is 0.550 e. The molecule has 14 heteroatoms. The van der Waals surface area contributed by atoms with Gasteiger partial charge >= 0.3 is 0 Å². The van der Waals surface area contributed by atoms with Crippen molar-refractivity contribution in [2.75, 3.05) is 6.61 Å². The van der Waals surface area contributed by atoms with Gasteiger partial charge in [0, 0.05) is 73.5 Å². The van der Waals surface area contributed by atoms with Crippen molar-refractivity contribution < 1.29 is 95.6 Å². The van der Waals surface area contributed by atoms with Crippen LogP contribution >= 0.6 is 0 Å². The summed E-state index contributed by atoms with van der Waals surface area (Å²) in [4.78, 5) is 53.3. The number of carboxylic acid groups (broad SMARTS) is 6. The zero-order chi connectivity index (χ0) is 24.2. The Morgan fingerprint density at radius 1 is 0.500 bits per heavy atom. The van der Waals surface area contributed by atoms with Crippen molar-refractivity contribution in [3.05, 3.63) is 0 Å². The second-order valence-corrected chi connectivity index (χ2v) is 3.27. The summed E-state index contributed by atoms with van der Waals surface area (Å²) in [6.45, 7) is 7.76. The Bertz CT molecular complexity index is 278. The van der Waals surface area contributed by atoms with Crippen LogP contribution in [-0.4, -0.2) is 47.5 Å². The molecule has 0 rings (SSSR count). The minimum absolute atomic E-state index is 0. The molecule has 28 heavy (non-hydrogen) atoms. The summed E-state index contributed by atoms with van der Waals surface area (Å²) in [5, 5.41) is 60.9. The fraction of sp³-hybridized carbons (Fsp3) is 0.571. The number of carbonyl (C=O) groups excluding carboxylic acids is 6. The number of aliphatic hydroxyl groups is 1. The Morgan fingerprint density at radius 2 is 0.500 bits per heavy atom. The molecule has 0 bridgehead atoms. The quantitative estimate of drug-likeness (QED) is 0.259. The van der Waals surface area contributed by atoms with Gasteiger partial charge in [-0.25, -0.2) is 0 Å². The van der Waals surface area contributed by atoms with Gasteiger partial charge in [-0.1, -0.05) is 0 Å². The molecule has 0 aliphatic heterocycles. The molecule has 1 N–H and O–H groups in total. The fourth-order valence-electron chi connectivity index (χ4n) is 0. The van der Waals surface area contributed by atoms with Crippen molar-refractivity contribution in [3.63, 3.8) is 0 Å². The zero-order valence-electron chi connectivity index (χ0n) is 16.6. The third-order valence-corrected chi connectivity index (χ3v) is 0. The Hall–Kier alpha value is -2.17. The van der Waals surface area contributed by atoms with Gasteiger partial charge in [-0.15, -0.1) is 0 Å². The first-order chi connectivity index (χ1) is 11.8. The van der Waals surface area contributed by atoms with Crippen LogP contribution < -0.4 is 30.6 Å². The minimum Gasteiger partial charge on any atom is -0.550 e. The molecule has 0 aromatic carbocycles. The molecule has 0 aliphatic carbocycles. The molecular weight excluding hydrogens is 614 g/mol. The van der Waals surface area contributed by atoms with Crippen molar-refractivity contribution in [1.82, 2.24) is 0 Å². The molecule has 0 fully saturated rings. The molecular formula is C14H24O13U-6. The Morgan fingerprint density at radius 3 is 0.500 bits per heavy atom. The molecule has 0 atom stereocenters. The summed E-state index contributed by atoms with van der Waals surface area (Å²) in [6.07, 6.45) is 0. The monoisotopic (exact) mass is 638 g/mol. The number of aliphatic hydroxyl groups excluding tert-OH is 1. The number of rotatable bonds is 0. The zero-order valence-corrected chi connectivity index (χ0v) is 20.7. The van der Waals surface area contributed by atoms with E-state index in [1.165, 1.54) is 0 Å². The third-order valence-electron chi connectivity index (χ3n) is 0. The number of carboxylic acids is 6. The molecule has 0 saturated carbocycles. The van der Waals surface area contributed by atoms with Crippen LogP contribution in [0.15, 0.2) is 0 Å². The predicted molar refractivity (Wildman–Crippen MR) is 76.8 cm³/mol. The van der Waals surface area contributed by atoms with Crippen molar-refractivity contribution >= 4 is 35.8 Å². The first-order valence-electron chi connectivity index (χ1n) is 6.47. The van der Waals surface area contributed by atoms with Gasteiger partial charge in [0.1, 0.15) is 0 Å². The van der Waals surface area contributed by atoms with E-state index in [0.29, 0.717) is 0 Å². The van der Waals surface area contributed by atoms with E-state index in [2.05, 4.69) is 0 Å². The van der Waals surface area contributed by atoms with Crippen molar-refractivity contribution in [2.24, 2.45) is 0 Å². The molecule has 0 spiro atoms. The summed E-state index contributed by atoms with van der Waals surface area (Å²) in [7, 11) is 0. The number of aliphatic carboxylic acids is 6. The summed E-state index contributed by atoms with van der Waals surface area (Å²) in [5.41, 5.74) is 0. The molecule has 0 radical (unpaired) electrons. The molecule has 13 nitrogen and oxygen atoms in total. The van der Waals surface area contributed by atoms with Gasteiger partial charge in [-0.05, 0) is 48.5 Å². The third kappa shape index (κ3) is 2640. The van der Waals surface area contributed by atoms with Gasteiger partial charge < -0.3 is 64.5 Å². The van der Waals surface area contributed by atoms with Gasteiger partial charge in [0.05, 0.1) is 0 Å². The van der Waals surface area contributed by atoms with Crippen LogP contribution in [0, 0.1) is 31.1 Å². The summed E-state index contributed by atoms with van der Waals surface area (Å²) >= 11 is 0. The summed E-state index contributed by atoms with van der Waals surface area (Å²) in [6, 6.07) is 0. The van der Waals surface area contributed by atoms with E-state index in [-0.39, 0.29) is 37.7 Å². The van der Waals surface area contributed by atoms with Crippen molar-refractivity contribution in [2.45, 2.75) is 48.5 Å². The second kappa shape index (κ2) is 49.8. The van der Waals surface area contributed by atoms with Crippen LogP contribution in [-0.2, 0) is 28.8 Å².